The molecule has 26 heavy (non-hydrogen) atoms. The molecule has 7 heteroatoms. The molecule has 0 atom stereocenters. The molecule has 126 valence electrons. The van der Waals surface area contributed by atoms with Gasteiger partial charge in [-0.2, -0.15) is 10.3 Å². The quantitative estimate of drug-likeness (QED) is 0.589. The standard InChI is InChI=1S/C19H13N5O2/c25-19(26)18-17(22-24-23-18)15-7-3-13(4-8-15)12-1-5-14(6-2-12)16-11-20-9-10-21-16/h1-11H,(H,25,26)(H,22,23,24). The normalized spacial score (nSPS) is 10.6. The molecule has 0 bridgehead atoms. The maximum Gasteiger partial charge on any atom is 0.358 e. The van der Waals surface area contributed by atoms with Gasteiger partial charge in [0.15, 0.2) is 5.69 Å². The Labute approximate surface area is 148 Å². The van der Waals surface area contributed by atoms with Crippen molar-refractivity contribution in [3.63, 3.8) is 0 Å². The van der Waals surface area contributed by atoms with Crippen molar-refractivity contribution in [2.45, 2.75) is 0 Å². The lowest BCUT2D eigenvalue weighted by Gasteiger charge is -2.05. The summed E-state index contributed by atoms with van der Waals surface area (Å²) >= 11 is 0. The van der Waals surface area contributed by atoms with Crippen LogP contribution in [0.15, 0.2) is 67.1 Å². The predicted molar refractivity (Wildman–Crippen MR) is 95.2 cm³/mol. The Balaban J connectivity index is 1.61. The number of hydrogen-bond acceptors (Lipinski definition) is 5. The molecule has 0 radical (unpaired) electrons. The summed E-state index contributed by atoms with van der Waals surface area (Å²) in [5.74, 6) is -1.11. The average molecular weight is 343 g/mol. The van der Waals surface area contributed by atoms with E-state index >= 15 is 0 Å². The van der Waals surface area contributed by atoms with Gasteiger partial charge in [0.25, 0.3) is 0 Å². The van der Waals surface area contributed by atoms with Crippen molar-refractivity contribution in [1.29, 1.82) is 0 Å². The fraction of sp³-hybridized carbons (Fsp3) is 0. The van der Waals surface area contributed by atoms with Gasteiger partial charge in [-0.1, -0.05) is 48.5 Å². The number of nitrogens with one attached hydrogen (secondary N) is 1. The predicted octanol–water partition coefficient (Wildman–Crippen LogP) is 3.29. The largest absolute Gasteiger partial charge is 0.476 e. The molecular formula is C19H13N5O2. The van der Waals surface area contributed by atoms with Gasteiger partial charge < -0.3 is 5.11 Å². The summed E-state index contributed by atoms with van der Waals surface area (Å²) in [6, 6.07) is 15.5. The van der Waals surface area contributed by atoms with E-state index in [1.165, 1.54) is 0 Å². The Kier molecular flexibility index (Phi) is 3.95. The first-order valence-corrected chi connectivity index (χ1v) is 7.84. The number of carboxylic acids is 1. The number of H-pyrrole nitrogens is 1. The van der Waals surface area contributed by atoms with Crippen LogP contribution in [-0.2, 0) is 0 Å². The van der Waals surface area contributed by atoms with Crippen LogP contribution in [0.3, 0.4) is 0 Å². The molecule has 7 nitrogen and oxygen atoms in total. The molecule has 2 aromatic heterocycles. The van der Waals surface area contributed by atoms with E-state index < -0.39 is 5.97 Å². The van der Waals surface area contributed by atoms with E-state index in [4.69, 9.17) is 5.11 Å². The van der Waals surface area contributed by atoms with Crippen molar-refractivity contribution >= 4 is 5.97 Å². The smallest absolute Gasteiger partial charge is 0.358 e. The molecule has 0 spiro atoms. The lowest BCUT2D eigenvalue weighted by molar-refractivity contribution is 0.0691. The van der Waals surface area contributed by atoms with Crippen LogP contribution in [0, 0.1) is 0 Å². The second kappa shape index (κ2) is 6.56. The van der Waals surface area contributed by atoms with Gasteiger partial charge in [-0.3, -0.25) is 9.97 Å². The summed E-state index contributed by atoms with van der Waals surface area (Å²) in [6.07, 6.45) is 5.03. The zero-order valence-electron chi connectivity index (χ0n) is 13.5. The van der Waals surface area contributed by atoms with Gasteiger partial charge in [0, 0.05) is 23.5 Å². The fourth-order valence-corrected chi connectivity index (χ4v) is 2.68. The molecule has 4 rings (SSSR count). The van der Waals surface area contributed by atoms with Crippen molar-refractivity contribution in [3.05, 3.63) is 72.8 Å². The van der Waals surface area contributed by atoms with Gasteiger partial charge in [-0.05, 0) is 11.1 Å². The highest BCUT2D eigenvalue weighted by atomic mass is 16.4. The molecule has 0 unspecified atom stereocenters. The highest BCUT2D eigenvalue weighted by Crippen LogP contribution is 2.26. The van der Waals surface area contributed by atoms with E-state index in [2.05, 4.69) is 25.4 Å². The monoisotopic (exact) mass is 343 g/mol. The zero-order chi connectivity index (χ0) is 17.9. The van der Waals surface area contributed by atoms with Gasteiger partial charge in [0.2, 0.25) is 0 Å². The maximum absolute atomic E-state index is 11.2. The van der Waals surface area contributed by atoms with Crippen molar-refractivity contribution in [2.24, 2.45) is 0 Å². The van der Waals surface area contributed by atoms with E-state index in [0.717, 1.165) is 22.4 Å². The van der Waals surface area contributed by atoms with Gasteiger partial charge in [0.05, 0.1) is 11.9 Å². The zero-order valence-corrected chi connectivity index (χ0v) is 13.5. The second-order valence-electron chi connectivity index (χ2n) is 5.57. The van der Waals surface area contributed by atoms with Gasteiger partial charge in [-0.25, -0.2) is 4.79 Å². The summed E-state index contributed by atoms with van der Waals surface area (Å²) in [5, 5.41) is 19.1. The van der Waals surface area contributed by atoms with Gasteiger partial charge in [0.1, 0.15) is 5.69 Å². The third kappa shape index (κ3) is 2.93. The number of aromatic amines is 1. The number of benzene rings is 2. The van der Waals surface area contributed by atoms with E-state index in [1.807, 2.05) is 48.5 Å². The minimum absolute atomic E-state index is 0.0916. The lowest BCUT2D eigenvalue weighted by Crippen LogP contribution is -1.99. The summed E-state index contributed by atoms with van der Waals surface area (Å²) in [5.41, 5.74) is 4.79. The molecule has 2 aromatic carbocycles. The van der Waals surface area contributed by atoms with Gasteiger partial charge >= 0.3 is 5.97 Å². The van der Waals surface area contributed by atoms with Crippen LogP contribution in [0.4, 0.5) is 0 Å². The molecule has 0 saturated carbocycles. The van der Waals surface area contributed by atoms with E-state index in [-0.39, 0.29) is 5.69 Å². The first-order chi connectivity index (χ1) is 12.7. The second-order valence-corrected chi connectivity index (χ2v) is 5.57. The third-order valence-electron chi connectivity index (χ3n) is 3.99. The minimum atomic E-state index is -1.11. The Hall–Kier alpha value is -3.87. The topological polar surface area (TPSA) is 105 Å². The number of hydrogen-bond donors (Lipinski definition) is 2. The molecule has 2 heterocycles. The molecule has 2 N–H and O–H groups in total. The number of nitrogens with zero attached hydrogens (tertiary/aromatic N) is 4. The van der Waals surface area contributed by atoms with Crippen molar-refractivity contribution in [2.75, 3.05) is 0 Å². The molecule has 0 aliphatic rings. The molecular weight excluding hydrogens is 330 g/mol. The average Bonchev–Trinajstić information content (AvgIpc) is 3.19. The van der Waals surface area contributed by atoms with E-state index in [1.54, 1.807) is 18.6 Å². The van der Waals surface area contributed by atoms with E-state index in [9.17, 15) is 4.79 Å². The van der Waals surface area contributed by atoms with Gasteiger partial charge in [-0.15, -0.1) is 5.10 Å². The Morgan fingerprint density at radius 1 is 0.808 bits per heavy atom. The summed E-state index contributed by atoms with van der Waals surface area (Å²) in [6.45, 7) is 0. The first kappa shape index (κ1) is 15.6. The van der Waals surface area contributed by atoms with Crippen LogP contribution < -0.4 is 0 Å². The molecule has 0 amide bonds. The Morgan fingerprint density at radius 2 is 1.42 bits per heavy atom. The first-order valence-electron chi connectivity index (χ1n) is 7.84. The highest BCUT2D eigenvalue weighted by Gasteiger charge is 2.16. The summed E-state index contributed by atoms with van der Waals surface area (Å²) in [7, 11) is 0. The van der Waals surface area contributed by atoms with Crippen molar-refractivity contribution < 1.29 is 9.90 Å². The molecule has 0 aliphatic carbocycles. The van der Waals surface area contributed by atoms with Crippen LogP contribution in [0.2, 0.25) is 0 Å². The molecule has 0 fully saturated rings. The molecule has 0 saturated heterocycles. The minimum Gasteiger partial charge on any atom is -0.476 e. The number of rotatable bonds is 4. The van der Waals surface area contributed by atoms with Crippen LogP contribution in [0.5, 0.6) is 0 Å². The number of carboxylic acid groups (broad SMARTS) is 1. The van der Waals surface area contributed by atoms with Crippen LogP contribution >= 0.6 is 0 Å². The number of aromatic carboxylic acids is 1. The third-order valence-corrected chi connectivity index (χ3v) is 3.99. The van der Waals surface area contributed by atoms with Crippen LogP contribution in [-0.4, -0.2) is 36.5 Å². The molecule has 4 aromatic rings. The highest BCUT2D eigenvalue weighted by molar-refractivity contribution is 5.92. The van der Waals surface area contributed by atoms with Crippen molar-refractivity contribution in [3.8, 4) is 33.6 Å². The maximum atomic E-state index is 11.2. The SMILES string of the molecule is O=C(O)c1n[nH]nc1-c1ccc(-c2ccc(-c3cnccn3)cc2)cc1. The summed E-state index contributed by atoms with van der Waals surface area (Å²) in [4.78, 5) is 19.5. The van der Waals surface area contributed by atoms with Crippen molar-refractivity contribution in [1.82, 2.24) is 25.4 Å². The molecule has 0 aliphatic heterocycles. The number of carbonyl (C=O) groups is 1. The fourth-order valence-electron chi connectivity index (χ4n) is 2.68. The van der Waals surface area contributed by atoms with Crippen LogP contribution in [0.25, 0.3) is 33.6 Å². The van der Waals surface area contributed by atoms with E-state index in [0.29, 0.717) is 11.3 Å². The Morgan fingerprint density at radius 3 is 2.00 bits per heavy atom. The lowest BCUT2D eigenvalue weighted by atomic mass is 10.0. The number of aromatic nitrogens is 5. The Bertz CT molecular complexity index is 1040. The van der Waals surface area contributed by atoms with Crippen LogP contribution in [0.1, 0.15) is 10.5 Å². The summed E-state index contributed by atoms with van der Waals surface area (Å²) < 4.78 is 0.